The van der Waals surface area contributed by atoms with E-state index in [0.29, 0.717) is 5.70 Å². The lowest BCUT2D eigenvalue weighted by Gasteiger charge is -2.14. The summed E-state index contributed by atoms with van der Waals surface area (Å²) in [5, 5.41) is 7.64. The fourth-order valence-corrected chi connectivity index (χ4v) is 0.909. The molecule has 16 heavy (non-hydrogen) atoms. The molecule has 5 heteroatoms. The lowest BCUT2D eigenvalue weighted by Crippen LogP contribution is -2.34. The van der Waals surface area contributed by atoms with E-state index in [-0.39, 0.29) is 11.5 Å². The van der Waals surface area contributed by atoms with E-state index in [2.05, 4.69) is 17.0 Å². The number of hydrogen-bond acceptors (Lipinski definition) is 4. The highest BCUT2D eigenvalue weighted by Crippen LogP contribution is 2.01. The van der Waals surface area contributed by atoms with E-state index in [4.69, 9.17) is 0 Å². The molecule has 5 nitrogen and oxygen atoms in total. The molecule has 0 bridgehead atoms. The van der Waals surface area contributed by atoms with Gasteiger partial charge in [0, 0.05) is 21.0 Å². The maximum absolute atomic E-state index is 11.3. The lowest BCUT2D eigenvalue weighted by atomic mass is 10.2. The van der Waals surface area contributed by atoms with Crippen LogP contribution in [0.1, 0.15) is 13.8 Å². The Labute approximate surface area is 95.5 Å². The number of ketones is 1. The van der Waals surface area contributed by atoms with Crippen LogP contribution in [0.25, 0.3) is 0 Å². The van der Waals surface area contributed by atoms with Gasteiger partial charge in [-0.15, -0.1) is 0 Å². The van der Waals surface area contributed by atoms with Gasteiger partial charge in [-0.3, -0.25) is 14.6 Å². The highest BCUT2D eigenvalue weighted by Gasteiger charge is 2.16. The molecule has 0 aromatic rings. The van der Waals surface area contributed by atoms with E-state index in [0.717, 1.165) is 0 Å². The Hall–Kier alpha value is -1.91. The van der Waals surface area contributed by atoms with Crippen molar-refractivity contribution in [1.82, 2.24) is 10.3 Å². The van der Waals surface area contributed by atoms with Crippen molar-refractivity contribution in [3.05, 3.63) is 24.4 Å². The average Bonchev–Trinajstić information content (AvgIpc) is 2.24. The van der Waals surface area contributed by atoms with Crippen LogP contribution in [0.2, 0.25) is 0 Å². The summed E-state index contributed by atoms with van der Waals surface area (Å²) in [6.45, 7) is 6.86. The van der Waals surface area contributed by atoms with Gasteiger partial charge in [-0.25, -0.2) is 0 Å². The first-order chi connectivity index (χ1) is 7.43. The molecule has 1 amide bonds. The molecule has 0 aliphatic carbocycles. The van der Waals surface area contributed by atoms with Gasteiger partial charge < -0.3 is 5.32 Å². The van der Waals surface area contributed by atoms with Crippen molar-refractivity contribution in [1.29, 1.82) is 0 Å². The van der Waals surface area contributed by atoms with Gasteiger partial charge in [0.05, 0.1) is 5.70 Å². The summed E-state index contributed by atoms with van der Waals surface area (Å²) in [6.07, 6.45) is 3.52. The predicted molar refractivity (Wildman–Crippen MR) is 63.9 cm³/mol. The van der Waals surface area contributed by atoms with Crippen molar-refractivity contribution >= 4 is 17.4 Å². The molecule has 0 spiro atoms. The first-order valence-electron chi connectivity index (χ1n) is 4.81. The van der Waals surface area contributed by atoms with Gasteiger partial charge >= 0.3 is 0 Å². The molecule has 0 radical (unpaired) electrons. The zero-order chi connectivity index (χ0) is 12.7. The van der Waals surface area contributed by atoms with E-state index >= 15 is 0 Å². The molecule has 0 atom stereocenters. The molecule has 0 heterocycles. The Balaban J connectivity index is 5.00. The summed E-state index contributed by atoms with van der Waals surface area (Å²) >= 11 is 0. The van der Waals surface area contributed by atoms with Crippen LogP contribution in [0.3, 0.4) is 0 Å². The topological polar surface area (TPSA) is 61.8 Å². The van der Waals surface area contributed by atoms with Crippen LogP contribution < -0.4 is 5.32 Å². The second-order valence-electron chi connectivity index (χ2n) is 3.10. The Morgan fingerprint density at radius 3 is 2.38 bits per heavy atom. The van der Waals surface area contributed by atoms with Crippen LogP contribution in [-0.4, -0.2) is 36.5 Å². The van der Waals surface area contributed by atoms with Gasteiger partial charge in [-0.2, -0.15) is 5.10 Å². The molecule has 0 rings (SSSR count). The monoisotopic (exact) mass is 223 g/mol. The predicted octanol–water partition coefficient (Wildman–Crippen LogP) is 0.699. The van der Waals surface area contributed by atoms with Gasteiger partial charge in [-0.05, 0) is 13.0 Å². The highest BCUT2D eigenvalue weighted by molar-refractivity contribution is 6.65. The van der Waals surface area contributed by atoms with Crippen molar-refractivity contribution in [2.24, 2.45) is 5.10 Å². The first kappa shape index (κ1) is 14.1. The molecular formula is C11H17N3O2. The molecule has 0 aliphatic rings. The van der Waals surface area contributed by atoms with E-state index in [1.807, 2.05) is 6.92 Å². The molecule has 0 fully saturated rings. The van der Waals surface area contributed by atoms with Gasteiger partial charge in [0.25, 0.3) is 5.91 Å². The normalized spacial score (nSPS) is 11.4. The minimum Gasteiger partial charge on any atom is -0.354 e. The van der Waals surface area contributed by atoms with E-state index in [1.165, 1.54) is 19.0 Å². The van der Waals surface area contributed by atoms with Crippen LogP contribution in [0.4, 0.5) is 0 Å². The Morgan fingerprint density at radius 1 is 1.44 bits per heavy atom. The Bertz CT molecular complexity index is 356. The number of carbonyl (C=O) groups is 2. The summed E-state index contributed by atoms with van der Waals surface area (Å²) in [4.78, 5) is 22.5. The lowest BCUT2D eigenvalue weighted by molar-refractivity contribution is -0.117. The number of amides is 1. The van der Waals surface area contributed by atoms with E-state index in [9.17, 15) is 9.59 Å². The zero-order valence-electron chi connectivity index (χ0n) is 10.1. The van der Waals surface area contributed by atoms with Crippen LogP contribution in [-0.2, 0) is 9.59 Å². The summed E-state index contributed by atoms with van der Waals surface area (Å²) in [6, 6.07) is 0. The van der Waals surface area contributed by atoms with Gasteiger partial charge in [0.15, 0.2) is 11.5 Å². The molecule has 88 valence electrons. The second-order valence-corrected chi connectivity index (χ2v) is 3.10. The molecule has 0 saturated carbocycles. The van der Waals surface area contributed by atoms with Crippen LogP contribution in [0, 0.1) is 0 Å². The number of rotatable bonds is 5. The quantitative estimate of drug-likeness (QED) is 0.323. The Kier molecular flexibility index (Phi) is 5.77. The van der Waals surface area contributed by atoms with Crippen molar-refractivity contribution in [3.63, 3.8) is 0 Å². The average molecular weight is 223 g/mol. The maximum atomic E-state index is 11.3. The van der Waals surface area contributed by atoms with Crippen LogP contribution >= 0.6 is 0 Å². The second kappa shape index (κ2) is 6.55. The van der Waals surface area contributed by atoms with Crippen molar-refractivity contribution in [3.8, 4) is 0 Å². The number of hydrazone groups is 1. The van der Waals surface area contributed by atoms with Crippen LogP contribution in [0.15, 0.2) is 29.5 Å². The number of nitrogens with zero attached hydrogens (tertiary/aromatic N) is 2. The number of carbonyl (C=O) groups excluding carboxylic acids is 2. The number of allylic oxidation sites excluding steroid dienone is 2. The fraction of sp³-hybridized carbons (Fsp3) is 0.364. The summed E-state index contributed by atoms with van der Waals surface area (Å²) in [5.74, 6) is -0.896. The van der Waals surface area contributed by atoms with Crippen molar-refractivity contribution in [2.75, 3.05) is 14.1 Å². The SMILES string of the molecule is C=C(C=CC)N(C)N=C(C(C)=O)C(=O)NC. The third-order valence-electron chi connectivity index (χ3n) is 1.80. The van der Waals surface area contributed by atoms with Crippen molar-refractivity contribution < 1.29 is 9.59 Å². The van der Waals surface area contributed by atoms with Gasteiger partial charge in [0.1, 0.15) is 0 Å². The minimum atomic E-state index is -0.507. The van der Waals surface area contributed by atoms with Crippen LogP contribution in [0.5, 0.6) is 0 Å². The first-order valence-corrected chi connectivity index (χ1v) is 4.81. The smallest absolute Gasteiger partial charge is 0.275 e. The van der Waals surface area contributed by atoms with E-state index in [1.54, 1.807) is 19.2 Å². The zero-order valence-corrected chi connectivity index (χ0v) is 10.1. The number of Topliss-reactive ketones (excluding diaryl/α,β-unsaturated/α-hetero) is 1. The molecule has 0 unspecified atom stereocenters. The molecular weight excluding hydrogens is 206 g/mol. The fourth-order valence-electron chi connectivity index (χ4n) is 0.909. The maximum Gasteiger partial charge on any atom is 0.275 e. The van der Waals surface area contributed by atoms with Gasteiger partial charge in [0.2, 0.25) is 0 Å². The summed E-state index contributed by atoms with van der Waals surface area (Å²) in [7, 11) is 3.07. The highest BCUT2D eigenvalue weighted by atomic mass is 16.2. The molecule has 0 aliphatic heterocycles. The van der Waals surface area contributed by atoms with Gasteiger partial charge in [-0.1, -0.05) is 12.7 Å². The summed E-state index contributed by atoms with van der Waals surface area (Å²) in [5.41, 5.74) is 0.445. The summed E-state index contributed by atoms with van der Waals surface area (Å²) < 4.78 is 0. The molecule has 0 aromatic carbocycles. The third kappa shape index (κ3) is 4.08. The minimum absolute atomic E-state index is 0.143. The Morgan fingerprint density at radius 2 is 2.00 bits per heavy atom. The van der Waals surface area contributed by atoms with E-state index < -0.39 is 5.91 Å². The molecule has 0 saturated heterocycles. The number of nitrogens with one attached hydrogen (secondary N) is 1. The molecule has 0 aromatic heterocycles. The largest absolute Gasteiger partial charge is 0.354 e. The number of hydrogen-bond donors (Lipinski definition) is 1. The third-order valence-corrected chi connectivity index (χ3v) is 1.80. The molecule has 1 N–H and O–H groups in total. The van der Waals surface area contributed by atoms with Crippen molar-refractivity contribution in [2.45, 2.75) is 13.8 Å². The number of likely N-dealkylation sites (N-methyl/N-ethyl adjacent to an activating group) is 1. The standard InChI is InChI=1S/C11H17N3O2/c1-6-7-8(2)14(5)13-10(9(3)15)11(16)12-4/h6-7H,2H2,1,3-5H3,(H,12,16).